The summed E-state index contributed by atoms with van der Waals surface area (Å²) in [4.78, 5) is 29.9. The van der Waals surface area contributed by atoms with Crippen molar-refractivity contribution in [1.29, 1.82) is 0 Å². The zero-order valence-electron chi connectivity index (χ0n) is 20.8. The van der Waals surface area contributed by atoms with Crippen LogP contribution >= 0.6 is 0 Å². The van der Waals surface area contributed by atoms with Gasteiger partial charge in [0.15, 0.2) is 5.82 Å². The minimum Gasteiger partial charge on any atom is -0.497 e. The molecule has 8 nitrogen and oxygen atoms in total. The Balaban J connectivity index is 1.44. The summed E-state index contributed by atoms with van der Waals surface area (Å²) >= 11 is 0. The van der Waals surface area contributed by atoms with Crippen molar-refractivity contribution in [3.63, 3.8) is 0 Å². The summed E-state index contributed by atoms with van der Waals surface area (Å²) in [5.74, 6) is -1.28. The minimum atomic E-state index is -0.950. The second kappa shape index (κ2) is 12.1. The SMILES string of the molecule is COc1ccc(Cc2noc(C(NC(=O)[C@H](C)NC(=O)Cc3cc(F)cc(F)c3)c3ccccc3)n2)cc1. The largest absolute Gasteiger partial charge is 0.497 e. The first-order valence-electron chi connectivity index (χ1n) is 11.9. The number of nitrogens with one attached hydrogen (secondary N) is 2. The van der Waals surface area contributed by atoms with Crippen molar-refractivity contribution in [2.45, 2.75) is 31.8 Å². The Bertz CT molecular complexity index is 1370. The first-order chi connectivity index (χ1) is 18.3. The molecule has 0 radical (unpaired) electrons. The summed E-state index contributed by atoms with van der Waals surface area (Å²) in [5.41, 5.74) is 1.81. The van der Waals surface area contributed by atoms with Crippen molar-refractivity contribution in [3.8, 4) is 5.75 Å². The number of halogens is 2. The predicted octanol–water partition coefficient (Wildman–Crippen LogP) is 3.90. The van der Waals surface area contributed by atoms with E-state index < -0.39 is 35.5 Å². The Labute approximate surface area is 218 Å². The summed E-state index contributed by atoms with van der Waals surface area (Å²) < 4.78 is 37.5. The quantitative estimate of drug-likeness (QED) is 0.329. The summed E-state index contributed by atoms with van der Waals surface area (Å²) in [6.07, 6.45) is 0.128. The normalized spacial score (nSPS) is 12.4. The van der Waals surface area contributed by atoms with Crippen molar-refractivity contribution in [1.82, 2.24) is 20.8 Å². The van der Waals surface area contributed by atoms with Gasteiger partial charge in [-0.3, -0.25) is 9.59 Å². The molecule has 4 rings (SSSR count). The van der Waals surface area contributed by atoms with E-state index in [9.17, 15) is 18.4 Å². The van der Waals surface area contributed by atoms with Gasteiger partial charge in [-0.25, -0.2) is 8.78 Å². The van der Waals surface area contributed by atoms with Crippen LogP contribution in [0.25, 0.3) is 0 Å². The van der Waals surface area contributed by atoms with Crippen molar-refractivity contribution in [3.05, 3.63) is 113 Å². The van der Waals surface area contributed by atoms with Gasteiger partial charge in [0.05, 0.1) is 13.5 Å². The molecule has 2 N–H and O–H groups in total. The van der Waals surface area contributed by atoms with E-state index in [2.05, 4.69) is 20.8 Å². The highest BCUT2D eigenvalue weighted by Gasteiger charge is 2.26. The smallest absolute Gasteiger partial charge is 0.253 e. The van der Waals surface area contributed by atoms with E-state index in [0.717, 1.165) is 29.5 Å². The van der Waals surface area contributed by atoms with Crippen LogP contribution in [0.5, 0.6) is 5.75 Å². The van der Waals surface area contributed by atoms with E-state index >= 15 is 0 Å². The van der Waals surface area contributed by atoms with Gasteiger partial charge in [0.2, 0.25) is 11.8 Å². The monoisotopic (exact) mass is 520 g/mol. The third-order valence-corrected chi connectivity index (χ3v) is 5.73. The van der Waals surface area contributed by atoms with E-state index in [1.807, 2.05) is 42.5 Å². The molecule has 0 aliphatic heterocycles. The third-order valence-electron chi connectivity index (χ3n) is 5.73. The number of nitrogens with zero attached hydrogens (tertiary/aromatic N) is 2. The third kappa shape index (κ3) is 7.00. The van der Waals surface area contributed by atoms with Gasteiger partial charge in [-0.1, -0.05) is 47.6 Å². The van der Waals surface area contributed by atoms with Crippen LogP contribution in [0.2, 0.25) is 0 Å². The molecule has 0 bridgehead atoms. The fraction of sp³-hybridized carbons (Fsp3) is 0.214. The lowest BCUT2D eigenvalue weighted by Gasteiger charge is -2.19. The van der Waals surface area contributed by atoms with Gasteiger partial charge in [0, 0.05) is 12.5 Å². The zero-order chi connectivity index (χ0) is 27.1. The van der Waals surface area contributed by atoms with Gasteiger partial charge >= 0.3 is 0 Å². The summed E-state index contributed by atoms with van der Waals surface area (Å²) in [6.45, 7) is 1.50. The fourth-order valence-corrected chi connectivity index (χ4v) is 3.84. The first kappa shape index (κ1) is 26.5. The summed E-state index contributed by atoms with van der Waals surface area (Å²) in [7, 11) is 1.59. The van der Waals surface area contributed by atoms with Crippen LogP contribution < -0.4 is 15.4 Å². The number of hydrogen-bond donors (Lipinski definition) is 2. The minimum absolute atomic E-state index is 0.157. The van der Waals surface area contributed by atoms with Gasteiger partial charge in [-0.2, -0.15) is 4.98 Å². The number of carbonyl (C=O) groups excluding carboxylic acids is 2. The molecule has 3 aromatic carbocycles. The second-order valence-corrected chi connectivity index (χ2v) is 8.67. The predicted molar refractivity (Wildman–Crippen MR) is 134 cm³/mol. The maximum atomic E-state index is 13.4. The Morgan fingerprint density at radius 3 is 2.29 bits per heavy atom. The molecule has 0 aliphatic rings. The Morgan fingerprint density at radius 2 is 1.63 bits per heavy atom. The van der Waals surface area contributed by atoms with E-state index in [4.69, 9.17) is 9.26 Å². The molecule has 10 heteroatoms. The van der Waals surface area contributed by atoms with Crippen LogP contribution in [0.1, 0.15) is 41.4 Å². The topological polar surface area (TPSA) is 106 Å². The molecule has 0 fully saturated rings. The highest BCUT2D eigenvalue weighted by Crippen LogP contribution is 2.22. The molecule has 1 heterocycles. The Morgan fingerprint density at radius 1 is 0.947 bits per heavy atom. The lowest BCUT2D eigenvalue weighted by molar-refractivity contribution is -0.128. The number of rotatable bonds is 10. The van der Waals surface area contributed by atoms with E-state index in [0.29, 0.717) is 17.8 Å². The first-order valence-corrected chi connectivity index (χ1v) is 11.9. The molecule has 0 saturated heterocycles. The lowest BCUT2D eigenvalue weighted by atomic mass is 10.1. The van der Waals surface area contributed by atoms with Crippen molar-refractivity contribution in [2.24, 2.45) is 0 Å². The lowest BCUT2D eigenvalue weighted by Crippen LogP contribution is -2.46. The number of benzene rings is 3. The number of ether oxygens (including phenoxy) is 1. The van der Waals surface area contributed by atoms with Crippen molar-refractivity contribution < 1.29 is 27.6 Å². The standard InChI is InChI=1S/C28H26F2N4O4/c1-17(31-25(35)15-19-12-21(29)16-22(30)13-19)27(36)33-26(20-6-4-3-5-7-20)28-32-24(34-38-28)14-18-8-10-23(37-2)11-9-18/h3-13,16-17,26H,14-15H2,1-2H3,(H,31,35)(H,33,36)/t17-,26?/m0/s1. The molecule has 1 aromatic heterocycles. The number of aromatic nitrogens is 2. The van der Waals surface area contributed by atoms with Crippen LogP contribution in [0.15, 0.2) is 77.3 Å². The average Bonchev–Trinajstić information content (AvgIpc) is 3.35. The molecule has 0 saturated carbocycles. The molecule has 2 amide bonds. The van der Waals surface area contributed by atoms with Crippen LogP contribution in [-0.2, 0) is 22.4 Å². The molecule has 0 spiro atoms. The Kier molecular flexibility index (Phi) is 8.42. The number of amides is 2. The highest BCUT2D eigenvalue weighted by atomic mass is 19.1. The Hall–Kier alpha value is -4.60. The molecule has 38 heavy (non-hydrogen) atoms. The number of methoxy groups -OCH3 is 1. The van der Waals surface area contributed by atoms with Gasteiger partial charge in [0.1, 0.15) is 29.5 Å². The fourth-order valence-electron chi connectivity index (χ4n) is 3.84. The number of carbonyl (C=O) groups is 2. The van der Waals surface area contributed by atoms with Gasteiger partial charge in [0.25, 0.3) is 5.89 Å². The molecular weight excluding hydrogens is 494 g/mol. The molecule has 1 unspecified atom stereocenters. The maximum Gasteiger partial charge on any atom is 0.253 e. The molecule has 0 aliphatic carbocycles. The zero-order valence-corrected chi connectivity index (χ0v) is 20.8. The van der Waals surface area contributed by atoms with Gasteiger partial charge in [-0.05, 0) is 47.9 Å². The van der Waals surface area contributed by atoms with E-state index in [1.54, 1.807) is 19.2 Å². The summed E-state index contributed by atoms with van der Waals surface area (Å²) in [5, 5.41) is 9.45. The van der Waals surface area contributed by atoms with Crippen LogP contribution in [0.3, 0.4) is 0 Å². The summed E-state index contributed by atoms with van der Waals surface area (Å²) in [6, 6.07) is 17.7. The average molecular weight is 521 g/mol. The molecular formula is C28H26F2N4O4. The second-order valence-electron chi connectivity index (χ2n) is 8.67. The van der Waals surface area contributed by atoms with Gasteiger partial charge in [-0.15, -0.1) is 0 Å². The van der Waals surface area contributed by atoms with E-state index in [-0.39, 0.29) is 17.9 Å². The van der Waals surface area contributed by atoms with Crippen LogP contribution in [0, 0.1) is 11.6 Å². The van der Waals surface area contributed by atoms with Crippen LogP contribution in [0.4, 0.5) is 8.78 Å². The maximum absolute atomic E-state index is 13.4. The van der Waals surface area contributed by atoms with Crippen LogP contribution in [-0.4, -0.2) is 35.1 Å². The molecule has 196 valence electrons. The molecule has 2 atom stereocenters. The van der Waals surface area contributed by atoms with Crippen molar-refractivity contribution in [2.75, 3.05) is 7.11 Å². The van der Waals surface area contributed by atoms with Crippen molar-refractivity contribution >= 4 is 11.8 Å². The van der Waals surface area contributed by atoms with E-state index in [1.165, 1.54) is 6.92 Å². The highest BCUT2D eigenvalue weighted by molar-refractivity contribution is 5.88. The van der Waals surface area contributed by atoms with Gasteiger partial charge < -0.3 is 19.9 Å². The number of hydrogen-bond acceptors (Lipinski definition) is 6. The molecule has 4 aromatic rings.